The van der Waals surface area contributed by atoms with Crippen molar-refractivity contribution >= 4 is 46.5 Å². The summed E-state index contributed by atoms with van der Waals surface area (Å²) in [5.74, 6) is -0.367. The van der Waals surface area contributed by atoms with Crippen LogP contribution in [0.4, 0.5) is 0 Å². The highest BCUT2D eigenvalue weighted by Crippen LogP contribution is 2.38. The summed E-state index contributed by atoms with van der Waals surface area (Å²) in [6.07, 6.45) is 0. The lowest BCUT2D eigenvalue weighted by atomic mass is 9.81. The van der Waals surface area contributed by atoms with E-state index >= 15 is 0 Å². The lowest BCUT2D eigenvalue weighted by molar-refractivity contribution is -0.139. The van der Waals surface area contributed by atoms with Gasteiger partial charge in [-0.05, 0) is 70.8 Å². The van der Waals surface area contributed by atoms with Crippen LogP contribution in [-0.4, -0.2) is 36.0 Å². The van der Waals surface area contributed by atoms with E-state index in [2.05, 4.69) is 10.6 Å². The number of hydrogen-bond donors (Lipinski definition) is 2. The molecule has 1 saturated heterocycles. The normalized spacial score (nSPS) is 23.9. The molecular formula is C18H25BN2O4S2. The quantitative estimate of drug-likeness (QED) is 0.451. The van der Waals surface area contributed by atoms with Crippen LogP contribution in [0.25, 0.3) is 0 Å². The van der Waals surface area contributed by atoms with Gasteiger partial charge in [0.2, 0.25) is 0 Å². The molecule has 27 heavy (non-hydrogen) atoms. The number of carbonyl (C=O) groups excluding carboxylic acids is 1. The van der Waals surface area contributed by atoms with Gasteiger partial charge in [-0.2, -0.15) is 11.3 Å². The summed E-state index contributed by atoms with van der Waals surface area (Å²) in [5.41, 5.74) is 1.23. The minimum absolute atomic E-state index is 0.306. The summed E-state index contributed by atoms with van der Waals surface area (Å²) < 4.78 is 18.6. The Hall–Kier alpha value is -1.42. The summed E-state index contributed by atoms with van der Waals surface area (Å²) in [4.78, 5) is 12.6. The molecule has 2 N–H and O–H groups in total. The smallest absolute Gasteiger partial charge is 0.463 e. The lowest BCUT2D eigenvalue weighted by Crippen LogP contribution is -2.47. The van der Waals surface area contributed by atoms with Gasteiger partial charge >= 0.3 is 13.1 Å². The van der Waals surface area contributed by atoms with E-state index in [-0.39, 0.29) is 5.97 Å². The van der Waals surface area contributed by atoms with E-state index in [0.717, 1.165) is 10.3 Å². The molecule has 0 saturated carbocycles. The van der Waals surface area contributed by atoms with Crippen LogP contribution in [0.15, 0.2) is 22.7 Å². The Morgan fingerprint density at radius 3 is 2.56 bits per heavy atom. The molecule has 0 aromatic carbocycles. The van der Waals surface area contributed by atoms with E-state index in [0.29, 0.717) is 23.0 Å². The third-order valence-electron chi connectivity index (χ3n) is 5.27. The Labute approximate surface area is 169 Å². The zero-order valence-corrected chi connectivity index (χ0v) is 18.1. The van der Waals surface area contributed by atoms with Crippen LogP contribution in [-0.2, 0) is 18.8 Å². The highest BCUT2D eigenvalue weighted by molar-refractivity contribution is 7.80. The molecule has 1 aromatic rings. The fourth-order valence-electron chi connectivity index (χ4n) is 3.12. The van der Waals surface area contributed by atoms with Crippen LogP contribution < -0.4 is 15.4 Å². The van der Waals surface area contributed by atoms with E-state index in [1.54, 1.807) is 18.3 Å². The molecule has 3 heterocycles. The monoisotopic (exact) mass is 408 g/mol. The Kier molecular flexibility index (Phi) is 5.42. The Morgan fingerprint density at radius 1 is 1.33 bits per heavy atom. The zero-order chi connectivity index (χ0) is 20.0. The van der Waals surface area contributed by atoms with Crippen molar-refractivity contribution in [3.8, 4) is 0 Å². The van der Waals surface area contributed by atoms with Gasteiger partial charge in [0, 0.05) is 10.5 Å². The molecule has 0 radical (unpaired) electrons. The van der Waals surface area contributed by atoms with Crippen LogP contribution in [0, 0.1) is 0 Å². The van der Waals surface area contributed by atoms with Gasteiger partial charge in [-0.25, -0.2) is 4.79 Å². The van der Waals surface area contributed by atoms with E-state index in [1.807, 2.05) is 46.1 Å². The SMILES string of the molecule is CCOC(=O)C1=C(C)NC(=S)N[C@@H]1c1ccsc1B1OC(C)(C)C(C)(C)O1. The largest absolute Gasteiger partial charge is 0.505 e. The van der Waals surface area contributed by atoms with Crippen LogP contribution in [0.5, 0.6) is 0 Å². The van der Waals surface area contributed by atoms with Crippen LogP contribution in [0.3, 0.4) is 0 Å². The topological polar surface area (TPSA) is 68.8 Å². The van der Waals surface area contributed by atoms with Gasteiger partial charge in [-0.1, -0.05) is 0 Å². The van der Waals surface area contributed by atoms with Crippen molar-refractivity contribution in [3.05, 3.63) is 28.3 Å². The molecule has 2 aliphatic rings. The molecule has 0 spiro atoms. The Morgan fingerprint density at radius 2 is 1.96 bits per heavy atom. The first kappa shape index (κ1) is 20.3. The van der Waals surface area contributed by atoms with Crippen molar-refractivity contribution in [2.75, 3.05) is 6.61 Å². The highest BCUT2D eigenvalue weighted by atomic mass is 32.1. The third kappa shape index (κ3) is 3.65. The van der Waals surface area contributed by atoms with E-state index in [1.165, 1.54) is 0 Å². The molecule has 0 unspecified atom stereocenters. The molecule has 1 fully saturated rings. The van der Waals surface area contributed by atoms with Crippen molar-refractivity contribution in [3.63, 3.8) is 0 Å². The maximum absolute atomic E-state index is 12.6. The predicted molar refractivity (Wildman–Crippen MR) is 111 cm³/mol. The van der Waals surface area contributed by atoms with Gasteiger partial charge in [0.1, 0.15) is 0 Å². The van der Waals surface area contributed by atoms with Gasteiger partial charge in [0.05, 0.1) is 29.4 Å². The minimum atomic E-state index is -0.501. The number of carbonyl (C=O) groups is 1. The number of rotatable bonds is 4. The molecule has 0 bridgehead atoms. The number of hydrogen-bond acceptors (Lipinski definition) is 6. The first-order valence-electron chi connectivity index (χ1n) is 8.95. The fraction of sp³-hybridized carbons (Fsp3) is 0.556. The molecule has 2 aliphatic heterocycles. The van der Waals surface area contributed by atoms with Gasteiger partial charge in [-0.15, -0.1) is 0 Å². The fourth-order valence-corrected chi connectivity index (χ4v) is 4.28. The van der Waals surface area contributed by atoms with Gasteiger partial charge in [0.15, 0.2) is 5.11 Å². The second kappa shape index (κ2) is 7.20. The number of allylic oxidation sites excluding steroid dienone is 1. The number of ether oxygens (including phenoxy) is 1. The molecule has 3 rings (SSSR count). The summed E-state index contributed by atoms with van der Waals surface area (Å²) >= 11 is 6.86. The van der Waals surface area contributed by atoms with Crippen LogP contribution >= 0.6 is 23.6 Å². The predicted octanol–water partition coefficient (Wildman–Crippen LogP) is 2.40. The van der Waals surface area contributed by atoms with Gasteiger partial charge in [0.25, 0.3) is 0 Å². The summed E-state index contributed by atoms with van der Waals surface area (Å²) in [6.45, 7) is 12.0. The Balaban J connectivity index is 2.00. The average molecular weight is 408 g/mol. The third-order valence-corrected chi connectivity index (χ3v) is 6.44. The number of thiocarbonyl (C=S) groups is 1. The van der Waals surface area contributed by atoms with Crippen LogP contribution in [0.1, 0.15) is 53.1 Å². The maximum Gasteiger partial charge on any atom is 0.505 e. The second-order valence-corrected chi connectivity index (χ2v) is 8.98. The molecule has 9 heteroatoms. The lowest BCUT2D eigenvalue weighted by Gasteiger charge is -2.32. The van der Waals surface area contributed by atoms with Crippen molar-refractivity contribution in [2.45, 2.75) is 58.8 Å². The molecule has 0 aliphatic carbocycles. The summed E-state index contributed by atoms with van der Waals surface area (Å²) in [7, 11) is -0.501. The van der Waals surface area contributed by atoms with Gasteiger partial charge < -0.3 is 24.7 Å². The Bertz CT molecular complexity index is 787. The second-order valence-electron chi connectivity index (χ2n) is 7.62. The van der Waals surface area contributed by atoms with Gasteiger partial charge in [-0.3, -0.25) is 0 Å². The van der Waals surface area contributed by atoms with Crippen molar-refractivity contribution in [1.82, 2.24) is 10.6 Å². The minimum Gasteiger partial charge on any atom is -0.463 e. The maximum atomic E-state index is 12.6. The molecular weight excluding hydrogens is 383 g/mol. The first-order chi connectivity index (χ1) is 12.6. The summed E-state index contributed by atoms with van der Waals surface area (Å²) in [5, 5.41) is 8.66. The zero-order valence-electron chi connectivity index (χ0n) is 16.5. The average Bonchev–Trinajstić information content (AvgIpc) is 3.09. The molecule has 146 valence electrons. The number of nitrogens with one attached hydrogen (secondary N) is 2. The highest BCUT2D eigenvalue weighted by Gasteiger charge is 2.53. The van der Waals surface area contributed by atoms with Crippen molar-refractivity contribution < 1.29 is 18.8 Å². The summed E-state index contributed by atoms with van der Waals surface area (Å²) in [6, 6.07) is 1.56. The van der Waals surface area contributed by atoms with Crippen molar-refractivity contribution in [1.29, 1.82) is 0 Å². The van der Waals surface area contributed by atoms with E-state index < -0.39 is 24.4 Å². The number of thiophene rings is 1. The van der Waals surface area contributed by atoms with E-state index in [4.69, 9.17) is 26.3 Å². The molecule has 0 amide bonds. The molecule has 6 nitrogen and oxygen atoms in total. The number of esters is 1. The molecule has 1 atom stereocenters. The first-order valence-corrected chi connectivity index (χ1v) is 10.2. The molecule has 1 aromatic heterocycles. The van der Waals surface area contributed by atoms with Crippen molar-refractivity contribution in [2.24, 2.45) is 0 Å². The van der Waals surface area contributed by atoms with Crippen LogP contribution in [0.2, 0.25) is 0 Å². The van der Waals surface area contributed by atoms with E-state index in [9.17, 15) is 4.79 Å². The standard InChI is InChI=1S/C18H25BN2O4S2/c1-7-23-15(22)12-10(2)20-16(26)21-13(12)11-8-9-27-14(11)19-24-17(3,4)18(5,6)25-19/h8-9,13H,7H2,1-6H3,(H2,20,21,26)/t13-/m1/s1.